The number of methoxy groups -OCH3 is 1. The third kappa shape index (κ3) is 8.18. The van der Waals surface area contributed by atoms with Crippen LogP contribution in [-0.4, -0.2) is 63.9 Å². The zero-order chi connectivity index (χ0) is 13.8. The maximum atomic E-state index is 11.9. The van der Waals surface area contributed by atoms with Crippen LogP contribution in [-0.2, 0) is 14.3 Å². The second kappa shape index (κ2) is 11.2. The largest absolute Gasteiger partial charge is 0.382 e. The quantitative estimate of drug-likeness (QED) is 0.604. The van der Waals surface area contributed by atoms with Gasteiger partial charge in [0, 0.05) is 39.8 Å². The highest BCUT2D eigenvalue weighted by atomic mass is 16.5. The van der Waals surface area contributed by atoms with Gasteiger partial charge in [0.2, 0.25) is 5.91 Å². The molecular weight excluding hydrogens is 244 g/mol. The number of hydrogen-bond donors (Lipinski definition) is 1. The summed E-state index contributed by atoms with van der Waals surface area (Å²) in [6.45, 7) is 5.63. The first-order valence-electron chi connectivity index (χ1n) is 7.40. The highest BCUT2D eigenvalue weighted by Gasteiger charge is 2.15. The Balaban J connectivity index is 1.86. The molecule has 0 bridgehead atoms. The monoisotopic (exact) mass is 272 g/mol. The summed E-state index contributed by atoms with van der Waals surface area (Å²) in [4.78, 5) is 13.9. The highest BCUT2D eigenvalue weighted by molar-refractivity contribution is 5.76. The summed E-state index contributed by atoms with van der Waals surface area (Å²) in [5.74, 6) is 0.295. The molecule has 1 rings (SSSR count). The fraction of sp³-hybridized carbons (Fsp3) is 0.929. The second-order valence-corrected chi connectivity index (χ2v) is 4.90. The van der Waals surface area contributed by atoms with Crippen molar-refractivity contribution in [2.24, 2.45) is 0 Å². The zero-order valence-corrected chi connectivity index (χ0v) is 12.2. The van der Waals surface area contributed by atoms with Crippen molar-refractivity contribution in [1.82, 2.24) is 10.2 Å². The lowest BCUT2D eigenvalue weighted by Crippen LogP contribution is -2.37. The van der Waals surface area contributed by atoms with E-state index in [9.17, 15) is 4.79 Å². The van der Waals surface area contributed by atoms with Crippen molar-refractivity contribution < 1.29 is 14.3 Å². The summed E-state index contributed by atoms with van der Waals surface area (Å²) < 4.78 is 10.2. The van der Waals surface area contributed by atoms with Gasteiger partial charge in [0.15, 0.2) is 0 Å². The fourth-order valence-corrected chi connectivity index (χ4v) is 2.17. The number of nitrogens with zero attached hydrogens (tertiary/aromatic N) is 1. The van der Waals surface area contributed by atoms with Gasteiger partial charge in [-0.25, -0.2) is 0 Å². The van der Waals surface area contributed by atoms with E-state index in [0.29, 0.717) is 25.5 Å². The van der Waals surface area contributed by atoms with E-state index < -0.39 is 0 Å². The molecule has 112 valence electrons. The molecule has 0 radical (unpaired) electrons. The van der Waals surface area contributed by atoms with Crippen molar-refractivity contribution in [3.63, 3.8) is 0 Å². The van der Waals surface area contributed by atoms with Gasteiger partial charge in [-0.3, -0.25) is 4.79 Å². The van der Waals surface area contributed by atoms with Crippen LogP contribution in [0.3, 0.4) is 0 Å². The molecule has 1 aliphatic rings. The third-order valence-electron chi connectivity index (χ3n) is 3.30. The number of likely N-dealkylation sites (tertiary alicyclic amines) is 1. The van der Waals surface area contributed by atoms with Gasteiger partial charge >= 0.3 is 0 Å². The van der Waals surface area contributed by atoms with Crippen LogP contribution in [0.2, 0.25) is 0 Å². The number of amides is 1. The lowest BCUT2D eigenvalue weighted by atomic mass is 10.1. The van der Waals surface area contributed by atoms with Crippen molar-refractivity contribution in [3.8, 4) is 0 Å². The number of hydrogen-bond acceptors (Lipinski definition) is 4. The van der Waals surface area contributed by atoms with Gasteiger partial charge < -0.3 is 19.7 Å². The van der Waals surface area contributed by atoms with E-state index >= 15 is 0 Å². The van der Waals surface area contributed by atoms with Gasteiger partial charge in [-0.1, -0.05) is 0 Å². The van der Waals surface area contributed by atoms with Gasteiger partial charge in [0.05, 0.1) is 13.2 Å². The Morgan fingerprint density at radius 1 is 1.11 bits per heavy atom. The normalized spacial score (nSPS) is 15.7. The first-order valence-corrected chi connectivity index (χ1v) is 7.40. The van der Waals surface area contributed by atoms with Crippen molar-refractivity contribution >= 4 is 5.91 Å². The minimum absolute atomic E-state index is 0.295. The smallest absolute Gasteiger partial charge is 0.223 e. The average Bonchev–Trinajstić information content (AvgIpc) is 2.46. The summed E-state index contributed by atoms with van der Waals surface area (Å²) in [5.41, 5.74) is 0. The van der Waals surface area contributed by atoms with E-state index in [-0.39, 0.29) is 0 Å². The van der Waals surface area contributed by atoms with Gasteiger partial charge in [0.25, 0.3) is 0 Å². The molecular formula is C14H28N2O3. The van der Waals surface area contributed by atoms with Gasteiger partial charge in [-0.05, 0) is 32.2 Å². The van der Waals surface area contributed by atoms with E-state index in [0.717, 1.165) is 52.0 Å². The van der Waals surface area contributed by atoms with Gasteiger partial charge in [0.1, 0.15) is 0 Å². The van der Waals surface area contributed by atoms with Gasteiger partial charge in [-0.2, -0.15) is 0 Å². The molecule has 19 heavy (non-hydrogen) atoms. The number of piperidine rings is 1. The third-order valence-corrected chi connectivity index (χ3v) is 3.30. The number of carbonyl (C=O) groups is 1. The second-order valence-electron chi connectivity index (χ2n) is 4.90. The lowest BCUT2D eigenvalue weighted by Gasteiger charge is -2.26. The standard InChI is InChI=1S/C14H28N2O3/c1-18-12-13-19-11-5-7-15-8-6-14(17)16-9-3-2-4-10-16/h15H,2-13H2,1H3. The Bertz CT molecular complexity index is 231. The van der Waals surface area contributed by atoms with E-state index in [4.69, 9.17) is 9.47 Å². The van der Waals surface area contributed by atoms with Crippen LogP contribution in [0.25, 0.3) is 0 Å². The Morgan fingerprint density at radius 2 is 1.89 bits per heavy atom. The molecule has 5 heteroatoms. The molecule has 1 heterocycles. The summed E-state index contributed by atoms with van der Waals surface area (Å²) in [6.07, 6.45) is 5.19. The molecule has 1 N–H and O–H groups in total. The molecule has 0 unspecified atom stereocenters. The lowest BCUT2D eigenvalue weighted by molar-refractivity contribution is -0.131. The predicted octanol–water partition coefficient (Wildman–Crippen LogP) is 1.03. The molecule has 0 aromatic rings. The van der Waals surface area contributed by atoms with Crippen LogP contribution in [0.1, 0.15) is 32.1 Å². The minimum Gasteiger partial charge on any atom is -0.382 e. The number of rotatable bonds is 10. The van der Waals surface area contributed by atoms with E-state index in [1.807, 2.05) is 4.90 Å². The van der Waals surface area contributed by atoms with E-state index in [2.05, 4.69) is 5.32 Å². The van der Waals surface area contributed by atoms with E-state index in [1.54, 1.807) is 7.11 Å². The van der Waals surface area contributed by atoms with Crippen molar-refractivity contribution in [2.45, 2.75) is 32.1 Å². The Kier molecular flexibility index (Phi) is 9.67. The first kappa shape index (κ1) is 16.4. The maximum Gasteiger partial charge on any atom is 0.223 e. The molecule has 0 spiro atoms. The Labute approximate surface area is 116 Å². The first-order chi connectivity index (χ1) is 9.34. The SMILES string of the molecule is COCCOCCCNCCC(=O)N1CCCCC1. The van der Waals surface area contributed by atoms with Gasteiger partial charge in [-0.15, -0.1) is 0 Å². The maximum absolute atomic E-state index is 11.9. The molecule has 1 fully saturated rings. The molecule has 0 aliphatic carbocycles. The Morgan fingerprint density at radius 3 is 2.63 bits per heavy atom. The molecule has 0 saturated carbocycles. The molecule has 1 amide bonds. The predicted molar refractivity (Wildman–Crippen MR) is 75.2 cm³/mol. The number of carbonyl (C=O) groups excluding carboxylic acids is 1. The highest BCUT2D eigenvalue weighted by Crippen LogP contribution is 2.09. The van der Waals surface area contributed by atoms with Crippen LogP contribution >= 0.6 is 0 Å². The molecule has 0 aromatic carbocycles. The van der Waals surface area contributed by atoms with Crippen molar-refractivity contribution in [1.29, 1.82) is 0 Å². The van der Waals surface area contributed by atoms with Crippen LogP contribution in [0.4, 0.5) is 0 Å². The minimum atomic E-state index is 0.295. The van der Waals surface area contributed by atoms with Crippen LogP contribution in [0, 0.1) is 0 Å². The number of ether oxygens (including phenoxy) is 2. The van der Waals surface area contributed by atoms with Crippen LogP contribution < -0.4 is 5.32 Å². The van der Waals surface area contributed by atoms with Crippen LogP contribution in [0.15, 0.2) is 0 Å². The van der Waals surface area contributed by atoms with Crippen molar-refractivity contribution in [2.75, 3.05) is 53.1 Å². The summed E-state index contributed by atoms with van der Waals surface area (Å²) in [5, 5.41) is 3.29. The Hall–Kier alpha value is -0.650. The van der Waals surface area contributed by atoms with Crippen LogP contribution in [0.5, 0.6) is 0 Å². The summed E-state index contributed by atoms with van der Waals surface area (Å²) in [6, 6.07) is 0. The topological polar surface area (TPSA) is 50.8 Å². The zero-order valence-electron chi connectivity index (χ0n) is 12.2. The number of nitrogens with one attached hydrogen (secondary N) is 1. The summed E-state index contributed by atoms with van der Waals surface area (Å²) in [7, 11) is 1.67. The molecule has 0 atom stereocenters. The molecule has 0 aromatic heterocycles. The summed E-state index contributed by atoms with van der Waals surface area (Å²) >= 11 is 0. The molecule has 1 saturated heterocycles. The molecule has 5 nitrogen and oxygen atoms in total. The fourth-order valence-electron chi connectivity index (χ4n) is 2.17. The average molecular weight is 272 g/mol. The van der Waals surface area contributed by atoms with Crippen molar-refractivity contribution in [3.05, 3.63) is 0 Å². The molecule has 1 aliphatic heterocycles. The van der Waals surface area contributed by atoms with E-state index in [1.165, 1.54) is 6.42 Å².